The van der Waals surface area contributed by atoms with Gasteiger partial charge < -0.3 is 15.7 Å². The van der Waals surface area contributed by atoms with Gasteiger partial charge in [-0.1, -0.05) is 46.5 Å². The van der Waals surface area contributed by atoms with E-state index in [1.54, 1.807) is 6.92 Å². The third kappa shape index (κ3) is 10.6. The molecule has 0 aromatic carbocycles. The summed E-state index contributed by atoms with van der Waals surface area (Å²) < 4.78 is 0. The highest BCUT2D eigenvalue weighted by molar-refractivity contribution is 5.75. The molecule has 0 saturated carbocycles. The van der Waals surface area contributed by atoms with E-state index in [-0.39, 0.29) is 12.6 Å². The Morgan fingerprint density at radius 1 is 1.05 bits per heavy atom. The van der Waals surface area contributed by atoms with Crippen molar-refractivity contribution in [3.63, 3.8) is 0 Å². The number of carbonyl (C=O) groups is 2. The maximum atomic E-state index is 11.4. The van der Waals surface area contributed by atoms with E-state index in [1.165, 1.54) is 19.3 Å². The molecule has 0 bridgehead atoms. The normalized spacial score (nSPS) is 12.2. The Hall–Kier alpha value is -1.26. The zero-order valence-electron chi connectivity index (χ0n) is 13.1. The summed E-state index contributed by atoms with van der Waals surface area (Å²) in [6.45, 7) is 7.10. The lowest BCUT2D eigenvalue weighted by Gasteiger charge is -2.12. The van der Waals surface area contributed by atoms with Crippen molar-refractivity contribution in [1.29, 1.82) is 0 Å². The first-order chi connectivity index (χ1) is 9.47. The number of carboxylic acids is 1. The average molecular weight is 286 g/mol. The van der Waals surface area contributed by atoms with Gasteiger partial charge in [-0.15, -0.1) is 0 Å². The molecule has 0 radical (unpaired) electrons. The highest BCUT2D eigenvalue weighted by Crippen LogP contribution is 2.08. The minimum Gasteiger partial charge on any atom is -0.481 e. The summed E-state index contributed by atoms with van der Waals surface area (Å²) in [4.78, 5) is 22.2. The van der Waals surface area contributed by atoms with Gasteiger partial charge in [-0.05, 0) is 18.8 Å². The van der Waals surface area contributed by atoms with Crippen molar-refractivity contribution < 1.29 is 14.7 Å². The molecule has 0 aromatic rings. The minimum atomic E-state index is -0.863. The third-order valence-corrected chi connectivity index (χ3v) is 3.34. The molecule has 0 aliphatic rings. The molecule has 0 fully saturated rings. The summed E-state index contributed by atoms with van der Waals surface area (Å²) >= 11 is 0. The summed E-state index contributed by atoms with van der Waals surface area (Å²) in [5, 5.41) is 14.2. The Kier molecular flexibility index (Phi) is 10.8. The quantitative estimate of drug-likeness (QED) is 0.511. The Bertz CT molecular complexity index is 280. The maximum absolute atomic E-state index is 11.4. The van der Waals surface area contributed by atoms with Gasteiger partial charge in [0.25, 0.3) is 0 Å². The van der Waals surface area contributed by atoms with Crippen LogP contribution in [0.5, 0.6) is 0 Å². The fourth-order valence-corrected chi connectivity index (χ4v) is 1.92. The first kappa shape index (κ1) is 18.7. The Labute approximate surface area is 122 Å². The van der Waals surface area contributed by atoms with Crippen LogP contribution < -0.4 is 10.6 Å². The number of aliphatic carboxylic acids is 1. The molecule has 1 atom stereocenters. The predicted molar refractivity (Wildman–Crippen MR) is 80.7 cm³/mol. The fourth-order valence-electron chi connectivity index (χ4n) is 1.92. The van der Waals surface area contributed by atoms with Gasteiger partial charge in [0, 0.05) is 13.1 Å². The number of hydrogen-bond donors (Lipinski definition) is 3. The SMILES string of the molecule is CCC(CNC(=O)NCCCCCCC(C)C)C(=O)O. The van der Waals surface area contributed by atoms with Crippen LogP contribution in [0.25, 0.3) is 0 Å². The smallest absolute Gasteiger partial charge is 0.314 e. The second kappa shape index (κ2) is 11.6. The van der Waals surface area contributed by atoms with Gasteiger partial charge in [0.05, 0.1) is 5.92 Å². The van der Waals surface area contributed by atoms with E-state index in [1.807, 2.05) is 0 Å². The van der Waals surface area contributed by atoms with Gasteiger partial charge in [-0.25, -0.2) is 4.79 Å². The van der Waals surface area contributed by atoms with E-state index in [9.17, 15) is 9.59 Å². The van der Waals surface area contributed by atoms with Crippen LogP contribution in [0.1, 0.15) is 59.3 Å². The number of rotatable bonds is 11. The van der Waals surface area contributed by atoms with Gasteiger partial charge in [0.15, 0.2) is 0 Å². The van der Waals surface area contributed by atoms with Crippen LogP contribution in [0.3, 0.4) is 0 Å². The Morgan fingerprint density at radius 3 is 2.25 bits per heavy atom. The highest BCUT2D eigenvalue weighted by Gasteiger charge is 2.15. The van der Waals surface area contributed by atoms with Crippen molar-refractivity contribution in [2.75, 3.05) is 13.1 Å². The van der Waals surface area contributed by atoms with Crippen molar-refractivity contribution in [1.82, 2.24) is 10.6 Å². The molecule has 0 aliphatic carbocycles. The van der Waals surface area contributed by atoms with Gasteiger partial charge >= 0.3 is 12.0 Å². The van der Waals surface area contributed by atoms with Crippen molar-refractivity contribution >= 4 is 12.0 Å². The van der Waals surface area contributed by atoms with Gasteiger partial charge in [0.1, 0.15) is 0 Å². The highest BCUT2D eigenvalue weighted by atomic mass is 16.4. The zero-order valence-corrected chi connectivity index (χ0v) is 13.1. The van der Waals surface area contributed by atoms with Gasteiger partial charge in [0.2, 0.25) is 0 Å². The largest absolute Gasteiger partial charge is 0.481 e. The molecule has 0 aliphatic heterocycles. The van der Waals surface area contributed by atoms with Crippen molar-refractivity contribution in [3.05, 3.63) is 0 Å². The van der Waals surface area contributed by atoms with Crippen molar-refractivity contribution in [2.24, 2.45) is 11.8 Å². The second-order valence-electron chi connectivity index (χ2n) is 5.68. The number of carboxylic acid groups (broad SMARTS) is 1. The molecular formula is C15H30N2O3. The molecule has 0 heterocycles. The molecule has 1 unspecified atom stereocenters. The number of amides is 2. The van der Waals surface area contributed by atoms with E-state index < -0.39 is 11.9 Å². The predicted octanol–water partition coefficient (Wildman–Crippen LogP) is 3.00. The lowest BCUT2D eigenvalue weighted by atomic mass is 10.0. The molecular weight excluding hydrogens is 256 g/mol. The molecule has 3 N–H and O–H groups in total. The standard InChI is InChI=1S/C15H30N2O3/c1-4-13(14(18)19)11-17-15(20)16-10-8-6-5-7-9-12(2)3/h12-13H,4-11H2,1-3H3,(H,18,19)(H2,16,17,20). The van der Waals surface area contributed by atoms with Crippen LogP contribution in [0.2, 0.25) is 0 Å². The van der Waals surface area contributed by atoms with Crippen LogP contribution in [-0.4, -0.2) is 30.2 Å². The molecule has 5 nitrogen and oxygen atoms in total. The number of unbranched alkanes of at least 4 members (excludes halogenated alkanes) is 3. The minimum absolute atomic E-state index is 0.187. The van der Waals surface area contributed by atoms with Gasteiger partial charge in [-0.3, -0.25) is 4.79 Å². The summed E-state index contributed by atoms with van der Waals surface area (Å²) in [7, 11) is 0. The van der Waals surface area contributed by atoms with Crippen LogP contribution in [0.15, 0.2) is 0 Å². The lowest BCUT2D eigenvalue weighted by molar-refractivity contribution is -0.141. The molecule has 0 aromatic heterocycles. The van der Waals surface area contributed by atoms with E-state index in [2.05, 4.69) is 24.5 Å². The van der Waals surface area contributed by atoms with Gasteiger partial charge in [-0.2, -0.15) is 0 Å². The van der Waals surface area contributed by atoms with Crippen LogP contribution in [0.4, 0.5) is 4.79 Å². The van der Waals surface area contributed by atoms with E-state index >= 15 is 0 Å². The monoisotopic (exact) mass is 286 g/mol. The molecule has 118 valence electrons. The number of carbonyl (C=O) groups excluding carboxylic acids is 1. The molecule has 20 heavy (non-hydrogen) atoms. The molecule has 5 heteroatoms. The second-order valence-corrected chi connectivity index (χ2v) is 5.68. The molecule has 0 rings (SSSR count). The zero-order chi connectivity index (χ0) is 15.4. The molecule has 0 saturated heterocycles. The summed E-state index contributed by atoms with van der Waals surface area (Å²) in [5.74, 6) is -0.602. The number of hydrogen-bond acceptors (Lipinski definition) is 2. The molecule has 0 spiro atoms. The Morgan fingerprint density at radius 2 is 1.70 bits per heavy atom. The van der Waals surface area contributed by atoms with Crippen LogP contribution in [0, 0.1) is 11.8 Å². The van der Waals surface area contributed by atoms with Crippen molar-refractivity contribution in [3.8, 4) is 0 Å². The summed E-state index contributed by atoms with van der Waals surface area (Å²) in [5.41, 5.74) is 0. The van der Waals surface area contributed by atoms with Crippen molar-refractivity contribution in [2.45, 2.75) is 59.3 Å². The molecule has 2 amide bonds. The lowest BCUT2D eigenvalue weighted by Crippen LogP contribution is -2.40. The first-order valence-corrected chi connectivity index (χ1v) is 7.71. The average Bonchev–Trinajstić information content (AvgIpc) is 2.37. The van der Waals surface area contributed by atoms with Crippen LogP contribution in [-0.2, 0) is 4.79 Å². The van der Waals surface area contributed by atoms with E-state index in [4.69, 9.17) is 5.11 Å². The van der Waals surface area contributed by atoms with E-state index in [0.29, 0.717) is 13.0 Å². The fraction of sp³-hybridized carbons (Fsp3) is 0.867. The topological polar surface area (TPSA) is 78.4 Å². The first-order valence-electron chi connectivity index (χ1n) is 7.71. The van der Waals surface area contributed by atoms with E-state index in [0.717, 1.165) is 18.8 Å². The Balaban J connectivity index is 3.47. The maximum Gasteiger partial charge on any atom is 0.314 e. The van der Waals surface area contributed by atoms with Crippen LogP contribution >= 0.6 is 0 Å². The number of urea groups is 1. The number of nitrogens with one attached hydrogen (secondary N) is 2. The third-order valence-electron chi connectivity index (χ3n) is 3.34. The summed E-state index contributed by atoms with van der Waals surface area (Å²) in [6.07, 6.45) is 6.34. The summed E-state index contributed by atoms with van der Waals surface area (Å²) in [6, 6.07) is -0.271.